The summed E-state index contributed by atoms with van der Waals surface area (Å²) < 4.78 is 15.4. The molecule has 5 heteroatoms. The fourth-order valence-corrected chi connectivity index (χ4v) is 1.87. The fourth-order valence-electron chi connectivity index (χ4n) is 1.87. The second kappa shape index (κ2) is 6.61. The van der Waals surface area contributed by atoms with Crippen molar-refractivity contribution in [3.8, 4) is 11.5 Å². The van der Waals surface area contributed by atoms with Gasteiger partial charge in [0.25, 0.3) is 0 Å². The molecule has 0 saturated carbocycles. The van der Waals surface area contributed by atoms with E-state index in [0.717, 1.165) is 0 Å². The Morgan fingerprint density at radius 2 is 1.95 bits per heavy atom. The first-order chi connectivity index (χ1) is 9.38. The third kappa shape index (κ3) is 3.22. The summed E-state index contributed by atoms with van der Waals surface area (Å²) >= 11 is 0. The van der Waals surface area contributed by atoms with Crippen molar-refractivity contribution in [3.63, 3.8) is 0 Å². The van der Waals surface area contributed by atoms with E-state index in [2.05, 4.69) is 0 Å². The van der Waals surface area contributed by atoms with Crippen LogP contribution in [-0.4, -0.2) is 31.9 Å². The molecule has 0 radical (unpaired) electrons. The molecule has 1 atom stereocenters. The smallest absolute Gasteiger partial charge is 0.314 e. The predicted octanol–water partition coefficient (Wildman–Crippen LogP) is 2.33. The molecule has 0 bridgehead atoms. The molecule has 0 aliphatic carbocycles. The van der Waals surface area contributed by atoms with E-state index < -0.39 is 17.5 Å². The van der Waals surface area contributed by atoms with E-state index in [0.29, 0.717) is 17.1 Å². The quantitative estimate of drug-likeness (QED) is 0.811. The van der Waals surface area contributed by atoms with Crippen LogP contribution in [0, 0.1) is 5.41 Å². The van der Waals surface area contributed by atoms with Gasteiger partial charge in [0, 0.05) is 5.56 Å². The maximum absolute atomic E-state index is 12.0. The molecule has 112 valence electrons. The zero-order chi connectivity index (χ0) is 15.3. The first-order valence-corrected chi connectivity index (χ1v) is 6.45. The van der Waals surface area contributed by atoms with Crippen molar-refractivity contribution < 1.29 is 24.1 Å². The summed E-state index contributed by atoms with van der Waals surface area (Å²) in [6.45, 7) is 5.26. The number of aliphatic hydroxyl groups is 1. The Morgan fingerprint density at radius 3 is 2.45 bits per heavy atom. The molecular weight excluding hydrogens is 260 g/mol. The van der Waals surface area contributed by atoms with Crippen molar-refractivity contribution in [1.29, 1.82) is 0 Å². The zero-order valence-electron chi connectivity index (χ0n) is 12.6. The maximum atomic E-state index is 12.0. The van der Waals surface area contributed by atoms with Gasteiger partial charge >= 0.3 is 5.97 Å². The van der Waals surface area contributed by atoms with Gasteiger partial charge in [0.15, 0.2) is 0 Å². The number of carbonyl (C=O) groups excluding carboxylic acids is 1. The SMILES string of the molecule is CCOC(=O)C(C)(C)C(O)c1cc(OC)ccc1OC. The molecule has 1 N–H and O–H groups in total. The van der Waals surface area contributed by atoms with Crippen LogP contribution in [0.3, 0.4) is 0 Å². The molecule has 0 fully saturated rings. The zero-order valence-corrected chi connectivity index (χ0v) is 12.6. The Labute approximate surface area is 119 Å². The molecule has 0 amide bonds. The highest BCUT2D eigenvalue weighted by Crippen LogP contribution is 2.40. The van der Waals surface area contributed by atoms with Gasteiger partial charge in [0.1, 0.15) is 11.5 Å². The monoisotopic (exact) mass is 282 g/mol. The Balaban J connectivity index is 3.18. The van der Waals surface area contributed by atoms with Crippen molar-refractivity contribution in [2.45, 2.75) is 26.9 Å². The maximum Gasteiger partial charge on any atom is 0.314 e. The molecule has 0 aromatic heterocycles. The van der Waals surface area contributed by atoms with Crippen LogP contribution < -0.4 is 9.47 Å². The molecule has 5 nitrogen and oxygen atoms in total. The van der Waals surface area contributed by atoms with Gasteiger partial charge in [-0.1, -0.05) is 0 Å². The molecule has 0 heterocycles. The Bertz CT molecular complexity index is 467. The summed E-state index contributed by atoms with van der Waals surface area (Å²) in [7, 11) is 3.05. The van der Waals surface area contributed by atoms with Gasteiger partial charge in [-0.2, -0.15) is 0 Å². The summed E-state index contributed by atoms with van der Waals surface area (Å²) in [5.74, 6) is 0.618. The largest absolute Gasteiger partial charge is 0.497 e. The van der Waals surface area contributed by atoms with E-state index in [1.54, 1.807) is 39.0 Å². The molecule has 1 aromatic rings. The van der Waals surface area contributed by atoms with Crippen molar-refractivity contribution in [1.82, 2.24) is 0 Å². The van der Waals surface area contributed by atoms with Crippen molar-refractivity contribution >= 4 is 5.97 Å². The Kier molecular flexibility index (Phi) is 5.39. The Morgan fingerprint density at radius 1 is 1.30 bits per heavy atom. The van der Waals surface area contributed by atoms with Gasteiger partial charge in [-0.15, -0.1) is 0 Å². The lowest BCUT2D eigenvalue weighted by molar-refractivity contribution is -0.160. The van der Waals surface area contributed by atoms with Crippen LogP contribution in [0.25, 0.3) is 0 Å². The van der Waals surface area contributed by atoms with Crippen molar-refractivity contribution in [2.75, 3.05) is 20.8 Å². The minimum Gasteiger partial charge on any atom is -0.497 e. The predicted molar refractivity (Wildman–Crippen MR) is 74.9 cm³/mol. The summed E-state index contributed by atoms with van der Waals surface area (Å²) in [5.41, 5.74) is -0.597. The van der Waals surface area contributed by atoms with Crippen LogP contribution in [0.5, 0.6) is 11.5 Å². The highest BCUT2D eigenvalue weighted by molar-refractivity contribution is 5.77. The first-order valence-electron chi connectivity index (χ1n) is 6.45. The molecule has 0 aliphatic heterocycles. The van der Waals surface area contributed by atoms with Crippen LogP contribution in [0.4, 0.5) is 0 Å². The average Bonchev–Trinajstić information content (AvgIpc) is 2.45. The van der Waals surface area contributed by atoms with E-state index >= 15 is 0 Å². The summed E-state index contributed by atoms with van der Waals surface area (Å²) in [6.07, 6.45) is -1.06. The second-order valence-corrected chi connectivity index (χ2v) is 4.95. The van der Waals surface area contributed by atoms with Gasteiger partial charge in [0.05, 0.1) is 32.3 Å². The molecule has 0 spiro atoms. The van der Waals surface area contributed by atoms with Gasteiger partial charge in [-0.25, -0.2) is 0 Å². The minimum atomic E-state index is -1.09. The highest BCUT2D eigenvalue weighted by Gasteiger charge is 2.39. The van der Waals surface area contributed by atoms with E-state index in [9.17, 15) is 9.90 Å². The summed E-state index contributed by atoms with van der Waals surface area (Å²) in [4.78, 5) is 12.0. The van der Waals surface area contributed by atoms with Crippen LogP contribution in [-0.2, 0) is 9.53 Å². The van der Waals surface area contributed by atoms with Crippen molar-refractivity contribution in [2.24, 2.45) is 5.41 Å². The third-order valence-corrected chi connectivity index (χ3v) is 3.22. The van der Waals surface area contributed by atoms with Gasteiger partial charge in [0.2, 0.25) is 0 Å². The summed E-state index contributed by atoms with van der Waals surface area (Å²) in [6, 6.07) is 5.08. The molecule has 20 heavy (non-hydrogen) atoms. The average molecular weight is 282 g/mol. The Hall–Kier alpha value is -1.75. The van der Waals surface area contributed by atoms with E-state index in [1.165, 1.54) is 14.2 Å². The molecule has 0 saturated heterocycles. The molecule has 1 aromatic carbocycles. The van der Waals surface area contributed by atoms with Gasteiger partial charge in [-0.3, -0.25) is 4.79 Å². The van der Waals surface area contributed by atoms with Crippen LogP contribution in [0.2, 0.25) is 0 Å². The summed E-state index contributed by atoms with van der Waals surface area (Å²) in [5, 5.41) is 10.5. The molecule has 1 unspecified atom stereocenters. The number of hydrogen-bond acceptors (Lipinski definition) is 5. The topological polar surface area (TPSA) is 65.0 Å². The van der Waals surface area contributed by atoms with Gasteiger partial charge < -0.3 is 19.3 Å². The second-order valence-electron chi connectivity index (χ2n) is 4.95. The van der Waals surface area contributed by atoms with Gasteiger partial charge in [-0.05, 0) is 39.0 Å². The standard InChI is InChI=1S/C15H22O5/c1-6-20-14(17)15(2,3)13(16)11-9-10(18-4)7-8-12(11)19-5/h7-9,13,16H,6H2,1-5H3. The first kappa shape index (κ1) is 16.3. The number of benzene rings is 1. The number of hydrogen-bond donors (Lipinski definition) is 1. The van der Waals surface area contributed by atoms with E-state index in [-0.39, 0.29) is 6.61 Å². The normalized spacial score (nSPS) is 12.7. The fraction of sp³-hybridized carbons (Fsp3) is 0.533. The van der Waals surface area contributed by atoms with E-state index in [1.807, 2.05) is 0 Å². The number of rotatable bonds is 6. The lowest BCUT2D eigenvalue weighted by Gasteiger charge is -2.29. The van der Waals surface area contributed by atoms with Crippen LogP contribution >= 0.6 is 0 Å². The number of esters is 1. The van der Waals surface area contributed by atoms with E-state index in [4.69, 9.17) is 14.2 Å². The number of methoxy groups -OCH3 is 2. The minimum absolute atomic E-state index is 0.268. The molecule has 1 rings (SSSR count). The molecule has 0 aliphatic rings. The lowest BCUT2D eigenvalue weighted by Crippen LogP contribution is -2.33. The molecular formula is C15H22O5. The third-order valence-electron chi connectivity index (χ3n) is 3.22. The van der Waals surface area contributed by atoms with Crippen LogP contribution in [0.15, 0.2) is 18.2 Å². The van der Waals surface area contributed by atoms with Crippen LogP contribution in [0.1, 0.15) is 32.4 Å². The highest BCUT2D eigenvalue weighted by atomic mass is 16.5. The lowest BCUT2D eigenvalue weighted by atomic mass is 9.82. The number of aliphatic hydroxyl groups excluding tert-OH is 1. The number of carbonyl (C=O) groups is 1. The number of ether oxygens (including phenoxy) is 3. The van der Waals surface area contributed by atoms with Crippen molar-refractivity contribution in [3.05, 3.63) is 23.8 Å².